The summed E-state index contributed by atoms with van der Waals surface area (Å²) in [5.74, 6) is -0.822. The highest BCUT2D eigenvalue weighted by Gasteiger charge is 2.39. The Morgan fingerprint density at radius 1 is 1.03 bits per heavy atom. The third-order valence-electron chi connectivity index (χ3n) is 7.11. The molecule has 3 heterocycles. The molecule has 176 valence electrons. The number of rotatable bonds is 5. The number of amides is 1. The lowest BCUT2D eigenvalue weighted by Gasteiger charge is -2.30. The van der Waals surface area contributed by atoms with Crippen molar-refractivity contribution in [2.45, 2.75) is 63.6 Å². The lowest BCUT2D eigenvalue weighted by molar-refractivity contribution is -0.0117. The zero-order valence-electron chi connectivity index (χ0n) is 18.0. The smallest absolute Gasteiger partial charge is 0.304 e. The Labute approximate surface area is 197 Å². The number of morpholine rings is 1. The lowest BCUT2D eigenvalue weighted by atomic mass is 9.98. The van der Waals surface area contributed by atoms with E-state index >= 15 is 0 Å². The van der Waals surface area contributed by atoms with Crippen LogP contribution >= 0.6 is 11.6 Å². The van der Waals surface area contributed by atoms with Gasteiger partial charge in [0, 0.05) is 23.8 Å². The molecule has 2 aliphatic carbocycles. The summed E-state index contributed by atoms with van der Waals surface area (Å²) in [5.41, 5.74) is 5.64. The number of hydrogen-bond donors (Lipinski definition) is 2. The van der Waals surface area contributed by atoms with Gasteiger partial charge in [0.2, 0.25) is 0 Å². The first-order valence-electron chi connectivity index (χ1n) is 11.4. The Bertz CT molecular complexity index is 1200. The number of nitrogens with zero attached hydrogens (tertiary/aromatic N) is 2. The third-order valence-corrected chi connectivity index (χ3v) is 8.99. The summed E-state index contributed by atoms with van der Waals surface area (Å²) >= 11 is 6.68. The lowest BCUT2D eigenvalue weighted by Crippen LogP contribution is -2.51. The van der Waals surface area contributed by atoms with Gasteiger partial charge in [0.1, 0.15) is 6.26 Å². The van der Waals surface area contributed by atoms with Crippen molar-refractivity contribution in [2.75, 3.05) is 18.4 Å². The number of nitrogens with one attached hydrogen (secondary N) is 2. The molecule has 6 rings (SSSR count). The van der Waals surface area contributed by atoms with E-state index in [2.05, 4.69) is 15.0 Å². The molecule has 2 bridgehead atoms. The van der Waals surface area contributed by atoms with Crippen molar-refractivity contribution in [3.63, 3.8) is 0 Å². The molecule has 1 aromatic carbocycles. The van der Waals surface area contributed by atoms with Gasteiger partial charge in [-0.25, -0.2) is 4.72 Å². The maximum absolute atomic E-state index is 12.7. The van der Waals surface area contributed by atoms with E-state index in [0.29, 0.717) is 0 Å². The molecule has 0 radical (unpaired) electrons. The average molecular weight is 493 g/mol. The van der Waals surface area contributed by atoms with Gasteiger partial charge in [-0.05, 0) is 73.6 Å². The molecule has 2 saturated heterocycles. The molecule has 9 nitrogen and oxygen atoms in total. The maximum Gasteiger partial charge on any atom is 0.304 e. The molecule has 0 spiro atoms. The highest BCUT2D eigenvalue weighted by atomic mass is 35.5. The Balaban J connectivity index is 1.20. The topological polar surface area (TPSA) is 114 Å². The van der Waals surface area contributed by atoms with Crippen LogP contribution in [0.2, 0.25) is 5.02 Å². The van der Waals surface area contributed by atoms with E-state index in [1.165, 1.54) is 32.8 Å². The quantitative estimate of drug-likeness (QED) is 0.659. The summed E-state index contributed by atoms with van der Waals surface area (Å²) in [6, 6.07) is 0.160. The minimum Gasteiger partial charge on any atom is -0.431 e. The Kier molecular flexibility index (Phi) is 5.17. The highest BCUT2D eigenvalue weighted by Crippen LogP contribution is 2.44. The SMILES string of the molecule is O=C(NS(=O)(=O)N1CC2CCC(C1)O2)c1coc(Nc2c3c(c(Cl)c4c2CCC4)CCC3)n1. The van der Waals surface area contributed by atoms with Crippen LogP contribution in [0.4, 0.5) is 11.7 Å². The number of ether oxygens (including phenoxy) is 1. The molecular weight excluding hydrogens is 468 g/mol. The summed E-state index contributed by atoms with van der Waals surface area (Å²) < 4.78 is 40.0. The standard InChI is InChI=1S/C22H25ClN4O5S/c23-19-14-3-1-5-16(14)20(17-6-2-4-15(17)19)25-22-24-18(11-31-22)21(28)26-33(29,30)27-9-12-7-8-13(10-27)32-12/h11-13H,1-10H2,(H,24,25)(H,26,28). The molecule has 1 aromatic heterocycles. The van der Waals surface area contributed by atoms with Crippen LogP contribution in [-0.4, -0.2) is 48.9 Å². The molecule has 0 saturated carbocycles. The average Bonchev–Trinajstić information content (AvgIpc) is 3.57. The van der Waals surface area contributed by atoms with Crippen LogP contribution in [-0.2, 0) is 40.6 Å². The molecule has 11 heteroatoms. The van der Waals surface area contributed by atoms with Gasteiger partial charge in [-0.3, -0.25) is 4.79 Å². The van der Waals surface area contributed by atoms with E-state index in [1.807, 2.05) is 0 Å². The van der Waals surface area contributed by atoms with Gasteiger partial charge in [0.15, 0.2) is 5.69 Å². The second-order valence-corrected chi connectivity index (χ2v) is 11.2. The number of oxazole rings is 1. The second kappa shape index (κ2) is 7.97. The van der Waals surface area contributed by atoms with E-state index in [9.17, 15) is 13.2 Å². The fourth-order valence-corrected chi connectivity index (χ4v) is 7.20. The zero-order chi connectivity index (χ0) is 22.7. The van der Waals surface area contributed by atoms with Crippen LogP contribution in [0.1, 0.15) is 58.4 Å². The number of carbonyl (C=O) groups excluding carboxylic acids is 1. The molecule has 1 amide bonds. The zero-order valence-corrected chi connectivity index (χ0v) is 19.6. The molecule has 4 aliphatic rings. The van der Waals surface area contributed by atoms with Crippen molar-refractivity contribution in [3.05, 3.63) is 39.2 Å². The van der Waals surface area contributed by atoms with E-state index in [4.69, 9.17) is 20.8 Å². The van der Waals surface area contributed by atoms with Crippen LogP contribution in [0.5, 0.6) is 0 Å². The number of fused-ring (bicyclic) bond motifs is 4. The number of aromatic nitrogens is 1. The van der Waals surface area contributed by atoms with Crippen molar-refractivity contribution in [1.82, 2.24) is 14.0 Å². The number of hydrogen-bond acceptors (Lipinski definition) is 7. The van der Waals surface area contributed by atoms with E-state index in [0.717, 1.165) is 62.1 Å². The molecule has 2 aromatic rings. The van der Waals surface area contributed by atoms with E-state index in [1.54, 1.807) is 0 Å². The summed E-state index contributed by atoms with van der Waals surface area (Å²) in [6.45, 7) is 0.495. The van der Waals surface area contributed by atoms with Crippen LogP contribution in [0, 0.1) is 0 Å². The highest BCUT2D eigenvalue weighted by molar-refractivity contribution is 7.87. The monoisotopic (exact) mass is 492 g/mol. The molecule has 2 N–H and O–H groups in total. The van der Waals surface area contributed by atoms with Crippen LogP contribution in [0.3, 0.4) is 0 Å². The summed E-state index contributed by atoms with van der Waals surface area (Å²) in [7, 11) is -3.99. The van der Waals surface area contributed by atoms with E-state index < -0.39 is 16.1 Å². The van der Waals surface area contributed by atoms with Crippen molar-refractivity contribution < 1.29 is 22.4 Å². The first kappa shape index (κ1) is 21.4. The second-order valence-electron chi connectivity index (χ2n) is 9.18. The fourth-order valence-electron chi connectivity index (χ4n) is 5.59. The van der Waals surface area contributed by atoms with Crippen LogP contribution in [0.25, 0.3) is 0 Å². The van der Waals surface area contributed by atoms with Gasteiger partial charge in [-0.2, -0.15) is 17.7 Å². The number of benzene rings is 1. The van der Waals surface area contributed by atoms with Crippen molar-refractivity contribution in [3.8, 4) is 0 Å². The van der Waals surface area contributed by atoms with Crippen LogP contribution < -0.4 is 10.0 Å². The molecule has 33 heavy (non-hydrogen) atoms. The number of halogens is 1. The fraction of sp³-hybridized carbons (Fsp3) is 0.545. The van der Waals surface area contributed by atoms with Gasteiger partial charge in [-0.15, -0.1) is 0 Å². The Morgan fingerprint density at radius 3 is 2.27 bits per heavy atom. The van der Waals surface area contributed by atoms with E-state index in [-0.39, 0.29) is 37.0 Å². The largest absolute Gasteiger partial charge is 0.431 e. The first-order valence-corrected chi connectivity index (χ1v) is 13.3. The third kappa shape index (κ3) is 3.73. The number of anilines is 2. The molecular formula is C22H25ClN4O5S. The van der Waals surface area contributed by atoms with Crippen molar-refractivity contribution >= 4 is 39.4 Å². The molecule has 2 atom stereocenters. The molecule has 2 aliphatic heterocycles. The van der Waals surface area contributed by atoms with Crippen LogP contribution in [0.15, 0.2) is 10.7 Å². The van der Waals surface area contributed by atoms with Gasteiger partial charge in [0.25, 0.3) is 11.9 Å². The number of carbonyl (C=O) groups is 1. The summed E-state index contributed by atoms with van der Waals surface area (Å²) in [4.78, 5) is 16.9. The minimum absolute atomic E-state index is 0.0976. The summed E-state index contributed by atoms with van der Waals surface area (Å²) in [6.07, 6.45) is 8.49. The maximum atomic E-state index is 12.7. The predicted molar refractivity (Wildman–Crippen MR) is 121 cm³/mol. The van der Waals surface area contributed by atoms with Gasteiger partial charge < -0.3 is 14.5 Å². The predicted octanol–water partition coefficient (Wildman–Crippen LogP) is 2.89. The van der Waals surface area contributed by atoms with Gasteiger partial charge in [-0.1, -0.05) is 11.6 Å². The van der Waals surface area contributed by atoms with Crippen molar-refractivity contribution in [1.29, 1.82) is 0 Å². The Morgan fingerprint density at radius 2 is 1.64 bits per heavy atom. The van der Waals surface area contributed by atoms with Crippen molar-refractivity contribution in [2.24, 2.45) is 0 Å². The van der Waals surface area contributed by atoms with Gasteiger partial charge >= 0.3 is 10.2 Å². The first-order chi connectivity index (χ1) is 15.9. The Hall–Kier alpha value is -2.14. The normalized spacial score (nSPS) is 24.0. The minimum atomic E-state index is -3.99. The van der Waals surface area contributed by atoms with Gasteiger partial charge in [0.05, 0.1) is 12.2 Å². The molecule has 2 unspecified atom stereocenters. The molecule has 2 fully saturated rings. The summed E-state index contributed by atoms with van der Waals surface area (Å²) in [5, 5.41) is 4.16.